The van der Waals surface area contributed by atoms with E-state index < -0.39 is 0 Å². The highest BCUT2D eigenvalue weighted by molar-refractivity contribution is 5.78. The van der Waals surface area contributed by atoms with Crippen molar-refractivity contribution in [2.75, 3.05) is 19.7 Å². The fourth-order valence-electron chi connectivity index (χ4n) is 1.84. The van der Waals surface area contributed by atoms with Crippen molar-refractivity contribution in [2.45, 2.75) is 25.7 Å². The quantitative estimate of drug-likeness (QED) is 0.645. The number of carbonyl (C=O) groups excluding carboxylic acids is 1. The van der Waals surface area contributed by atoms with Crippen LogP contribution in [0.1, 0.15) is 25.7 Å². The van der Waals surface area contributed by atoms with Gasteiger partial charge in [-0.15, -0.1) is 0 Å². The molecule has 14 heavy (non-hydrogen) atoms. The summed E-state index contributed by atoms with van der Waals surface area (Å²) in [4.78, 5) is 16.5. The second-order valence-corrected chi connectivity index (χ2v) is 4.26. The van der Waals surface area contributed by atoms with E-state index in [1.54, 1.807) is 0 Å². The molecule has 0 aromatic rings. The van der Waals surface area contributed by atoms with Crippen LogP contribution < -0.4 is 10.8 Å². The monoisotopic (exact) mass is 198 g/mol. The fourth-order valence-corrected chi connectivity index (χ4v) is 1.84. The topological polar surface area (TPSA) is 50.4 Å². The van der Waals surface area contributed by atoms with E-state index in [4.69, 9.17) is 4.84 Å². The SMILES string of the molecule is O=C(NOCC1CCNC1)C1CCC1. The Kier molecular flexibility index (Phi) is 3.37. The Hall–Kier alpha value is -0.610. The van der Waals surface area contributed by atoms with E-state index in [2.05, 4.69) is 10.8 Å². The lowest BCUT2D eigenvalue weighted by atomic mass is 9.85. The highest BCUT2D eigenvalue weighted by Gasteiger charge is 2.25. The summed E-state index contributed by atoms with van der Waals surface area (Å²) in [5, 5.41) is 3.26. The van der Waals surface area contributed by atoms with Crippen molar-refractivity contribution < 1.29 is 9.63 Å². The first-order chi connectivity index (χ1) is 6.86. The lowest BCUT2D eigenvalue weighted by Gasteiger charge is -2.23. The molecule has 4 nitrogen and oxygen atoms in total. The molecule has 2 aliphatic rings. The minimum absolute atomic E-state index is 0.0715. The van der Waals surface area contributed by atoms with Crippen LogP contribution in [0.4, 0.5) is 0 Å². The number of nitrogens with one attached hydrogen (secondary N) is 2. The summed E-state index contributed by atoms with van der Waals surface area (Å²) in [5.74, 6) is 0.857. The van der Waals surface area contributed by atoms with Gasteiger partial charge in [-0.3, -0.25) is 9.63 Å². The first kappa shape index (κ1) is 9.93. The van der Waals surface area contributed by atoms with Crippen molar-refractivity contribution in [3.05, 3.63) is 0 Å². The van der Waals surface area contributed by atoms with Gasteiger partial charge in [0.05, 0.1) is 6.61 Å². The number of rotatable bonds is 4. The van der Waals surface area contributed by atoms with Crippen molar-refractivity contribution >= 4 is 5.91 Å². The van der Waals surface area contributed by atoms with Gasteiger partial charge in [-0.25, -0.2) is 5.48 Å². The Bertz CT molecular complexity index is 198. The molecule has 0 aromatic heterocycles. The molecular formula is C10H18N2O2. The van der Waals surface area contributed by atoms with E-state index in [9.17, 15) is 4.79 Å². The van der Waals surface area contributed by atoms with Crippen LogP contribution in [0.5, 0.6) is 0 Å². The van der Waals surface area contributed by atoms with E-state index in [1.165, 1.54) is 6.42 Å². The first-order valence-corrected chi connectivity index (χ1v) is 5.48. The molecule has 2 fully saturated rings. The molecule has 1 amide bonds. The van der Waals surface area contributed by atoms with Crippen molar-refractivity contribution in [3.8, 4) is 0 Å². The van der Waals surface area contributed by atoms with Gasteiger partial charge in [0, 0.05) is 12.5 Å². The smallest absolute Gasteiger partial charge is 0.246 e. The maximum absolute atomic E-state index is 11.3. The standard InChI is InChI=1S/C10H18N2O2/c13-10(9-2-1-3-9)12-14-7-8-4-5-11-6-8/h8-9,11H,1-7H2,(H,12,13). The van der Waals surface area contributed by atoms with Crippen LogP contribution in [0, 0.1) is 11.8 Å². The summed E-state index contributed by atoms with van der Waals surface area (Å²) in [6, 6.07) is 0. The van der Waals surface area contributed by atoms with Crippen LogP contribution in [0.2, 0.25) is 0 Å². The van der Waals surface area contributed by atoms with E-state index in [0.29, 0.717) is 12.5 Å². The van der Waals surface area contributed by atoms with Crippen molar-refractivity contribution in [1.29, 1.82) is 0 Å². The van der Waals surface area contributed by atoms with Gasteiger partial charge in [0.25, 0.3) is 0 Å². The first-order valence-electron chi connectivity index (χ1n) is 5.48. The Labute approximate surface area is 84.3 Å². The summed E-state index contributed by atoms with van der Waals surface area (Å²) < 4.78 is 0. The van der Waals surface area contributed by atoms with E-state index in [0.717, 1.165) is 32.4 Å². The summed E-state index contributed by atoms with van der Waals surface area (Å²) in [7, 11) is 0. The molecule has 0 aromatic carbocycles. The summed E-state index contributed by atoms with van der Waals surface area (Å²) in [6.07, 6.45) is 4.39. The molecule has 1 heterocycles. The molecule has 0 bridgehead atoms. The zero-order valence-corrected chi connectivity index (χ0v) is 8.42. The third-order valence-corrected chi connectivity index (χ3v) is 3.13. The molecule has 80 valence electrons. The van der Waals surface area contributed by atoms with Gasteiger partial charge >= 0.3 is 0 Å². The molecule has 4 heteroatoms. The van der Waals surface area contributed by atoms with Crippen molar-refractivity contribution in [2.24, 2.45) is 11.8 Å². The third-order valence-electron chi connectivity index (χ3n) is 3.13. The maximum Gasteiger partial charge on any atom is 0.246 e. The van der Waals surface area contributed by atoms with Crippen LogP contribution in [-0.2, 0) is 9.63 Å². The zero-order chi connectivity index (χ0) is 9.80. The molecule has 1 saturated carbocycles. The Morgan fingerprint density at radius 2 is 2.29 bits per heavy atom. The second-order valence-electron chi connectivity index (χ2n) is 4.26. The summed E-state index contributed by atoms with van der Waals surface area (Å²) in [6.45, 7) is 2.73. The van der Waals surface area contributed by atoms with Crippen molar-refractivity contribution in [3.63, 3.8) is 0 Å². The normalized spacial score (nSPS) is 27.3. The van der Waals surface area contributed by atoms with Crippen LogP contribution in [-0.4, -0.2) is 25.6 Å². The number of amides is 1. The molecule has 0 spiro atoms. The fraction of sp³-hybridized carbons (Fsp3) is 0.900. The van der Waals surface area contributed by atoms with Crippen LogP contribution in [0.15, 0.2) is 0 Å². The number of hydroxylamine groups is 1. The molecule has 1 aliphatic carbocycles. The highest BCUT2D eigenvalue weighted by atomic mass is 16.7. The molecule has 1 saturated heterocycles. The van der Waals surface area contributed by atoms with Crippen LogP contribution in [0.25, 0.3) is 0 Å². The van der Waals surface area contributed by atoms with E-state index >= 15 is 0 Å². The van der Waals surface area contributed by atoms with E-state index in [-0.39, 0.29) is 11.8 Å². The molecule has 2 rings (SSSR count). The second kappa shape index (κ2) is 4.75. The Balaban J connectivity index is 1.55. The lowest BCUT2D eigenvalue weighted by molar-refractivity contribution is -0.141. The summed E-state index contributed by atoms with van der Waals surface area (Å²) >= 11 is 0. The average Bonchev–Trinajstić information content (AvgIpc) is 2.53. The molecule has 0 radical (unpaired) electrons. The van der Waals surface area contributed by atoms with Gasteiger partial charge in [0.2, 0.25) is 5.91 Å². The van der Waals surface area contributed by atoms with E-state index in [1.807, 2.05) is 0 Å². The predicted octanol–water partition coefficient (Wildman–Crippen LogP) is 0.444. The molecular weight excluding hydrogens is 180 g/mol. The maximum atomic E-state index is 11.3. The Morgan fingerprint density at radius 3 is 2.86 bits per heavy atom. The van der Waals surface area contributed by atoms with Gasteiger partial charge < -0.3 is 5.32 Å². The molecule has 1 atom stereocenters. The van der Waals surface area contributed by atoms with Crippen LogP contribution in [0.3, 0.4) is 0 Å². The Morgan fingerprint density at radius 1 is 1.43 bits per heavy atom. The van der Waals surface area contributed by atoms with Gasteiger partial charge in [-0.05, 0) is 31.7 Å². The zero-order valence-electron chi connectivity index (χ0n) is 8.42. The van der Waals surface area contributed by atoms with Gasteiger partial charge in [-0.2, -0.15) is 0 Å². The minimum atomic E-state index is 0.0715. The molecule has 1 unspecified atom stereocenters. The van der Waals surface area contributed by atoms with Gasteiger partial charge in [-0.1, -0.05) is 6.42 Å². The number of hydrogen-bond acceptors (Lipinski definition) is 3. The molecule has 2 N–H and O–H groups in total. The average molecular weight is 198 g/mol. The summed E-state index contributed by atoms with van der Waals surface area (Å²) in [5.41, 5.74) is 2.54. The van der Waals surface area contributed by atoms with Gasteiger partial charge in [0.1, 0.15) is 0 Å². The van der Waals surface area contributed by atoms with Crippen LogP contribution >= 0.6 is 0 Å². The lowest BCUT2D eigenvalue weighted by Crippen LogP contribution is -2.35. The van der Waals surface area contributed by atoms with Crippen molar-refractivity contribution in [1.82, 2.24) is 10.8 Å². The van der Waals surface area contributed by atoms with Gasteiger partial charge in [0.15, 0.2) is 0 Å². The number of hydrogen-bond donors (Lipinski definition) is 2. The largest absolute Gasteiger partial charge is 0.316 e. The minimum Gasteiger partial charge on any atom is -0.316 e. The third kappa shape index (κ3) is 2.45. The molecule has 1 aliphatic heterocycles. The predicted molar refractivity (Wildman–Crippen MR) is 52.4 cm³/mol. The highest BCUT2D eigenvalue weighted by Crippen LogP contribution is 2.26. The number of carbonyl (C=O) groups is 1.